The largest absolute Gasteiger partial charge is 0.507 e. The highest BCUT2D eigenvalue weighted by atomic mass is 35.5. The van der Waals surface area contributed by atoms with Crippen LogP contribution in [0, 0.1) is 0 Å². The smallest absolute Gasteiger partial charge is 0.193 e. The fourth-order valence-electron chi connectivity index (χ4n) is 4.03. The van der Waals surface area contributed by atoms with E-state index < -0.39 is 5.78 Å². The van der Waals surface area contributed by atoms with E-state index >= 15 is 0 Å². The van der Waals surface area contributed by atoms with Gasteiger partial charge in [-0.25, -0.2) is 0 Å². The third kappa shape index (κ3) is 4.99. The molecule has 3 rings (SSSR count). The SMILES string of the molecule is COc1cc(OC)c(C2CCN(C)C2CO)c(O)c1C(=O)/C=C/c1ccccc1Cl.Cl. The van der Waals surface area contributed by atoms with Crippen molar-refractivity contribution < 1.29 is 24.5 Å². The summed E-state index contributed by atoms with van der Waals surface area (Å²) in [6.07, 6.45) is 3.69. The lowest BCUT2D eigenvalue weighted by molar-refractivity contribution is 0.104. The molecule has 0 saturated carbocycles. The molecule has 2 N–H and O–H groups in total. The molecule has 2 aromatic carbocycles. The fraction of sp³-hybridized carbons (Fsp3) is 0.348. The highest BCUT2D eigenvalue weighted by Gasteiger charge is 2.37. The topological polar surface area (TPSA) is 79.2 Å². The van der Waals surface area contributed by atoms with Gasteiger partial charge in [-0.3, -0.25) is 4.79 Å². The van der Waals surface area contributed by atoms with Crippen molar-refractivity contribution in [3.05, 3.63) is 58.1 Å². The van der Waals surface area contributed by atoms with Crippen LogP contribution in [0.2, 0.25) is 5.02 Å². The zero-order valence-electron chi connectivity index (χ0n) is 17.7. The number of carbonyl (C=O) groups excluding carboxylic acids is 1. The zero-order chi connectivity index (χ0) is 21.8. The molecule has 0 amide bonds. The van der Waals surface area contributed by atoms with Crippen molar-refractivity contribution in [1.29, 1.82) is 0 Å². The van der Waals surface area contributed by atoms with Gasteiger partial charge in [0, 0.05) is 28.6 Å². The number of phenols is 1. The van der Waals surface area contributed by atoms with Gasteiger partial charge in [0.1, 0.15) is 22.8 Å². The molecule has 0 aliphatic carbocycles. The van der Waals surface area contributed by atoms with Crippen LogP contribution in [0.4, 0.5) is 0 Å². The number of aliphatic hydroxyl groups is 1. The molecule has 1 saturated heterocycles. The summed E-state index contributed by atoms with van der Waals surface area (Å²) >= 11 is 6.16. The summed E-state index contributed by atoms with van der Waals surface area (Å²) in [5.41, 5.74) is 1.26. The Morgan fingerprint density at radius 3 is 2.55 bits per heavy atom. The minimum Gasteiger partial charge on any atom is -0.507 e. The summed E-state index contributed by atoms with van der Waals surface area (Å²) in [5, 5.41) is 21.5. The molecule has 0 aromatic heterocycles. The second-order valence-electron chi connectivity index (χ2n) is 7.26. The number of aromatic hydroxyl groups is 1. The first-order chi connectivity index (χ1) is 14.4. The van der Waals surface area contributed by atoms with E-state index in [-0.39, 0.29) is 48.0 Å². The number of hydrogen-bond acceptors (Lipinski definition) is 6. The number of aliphatic hydroxyl groups excluding tert-OH is 1. The normalized spacial score (nSPS) is 18.7. The highest BCUT2D eigenvalue weighted by molar-refractivity contribution is 6.32. The maximum atomic E-state index is 13.0. The van der Waals surface area contributed by atoms with Crippen LogP contribution in [0.3, 0.4) is 0 Å². The first-order valence-corrected chi connectivity index (χ1v) is 10.1. The Balaban J connectivity index is 0.00000341. The number of phenolic OH excluding ortho intramolecular Hbond substituents is 1. The van der Waals surface area contributed by atoms with Crippen LogP contribution in [0.5, 0.6) is 17.2 Å². The molecule has 1 aliphatic rings. The van der Waals surface area contributed by atoms with Gasteiger partial charge >= 0.3 is 0 Å². The third-order valence-electron chi connectivity index (χ3n) is 5.65. The van der Waals surface area contributed by atoms with Gasteiger partial charge in [-0.05, 0) is 43.8 Å². The first-order valence-electron chi connectivity index (χ1n) is 9.68. The molecule has 1 heterocycles. The predicted octanol–water partition coefficient (Wildman–Crippen LogP) is 4.16. The average molecular weight is 468 g/mol. The number of likely N-dealkylation sites (N-methyl/N-ethyl adjacent to an activating group) is 1. The quantitative estimate of drug-likeness (QED) is 0.470. The number of carbonyl (C=O) groups is 1. The van der Waals surface area contributed by atoms with E-state index in [9.17, 15) is 15.0 Å². The Labute approximate surface area is 193 Å². The van der Waals surface area contributed by atoms with Crippen molar-refractivity contribution in [1.82, 2.24) is 4.90 Å². The number of ether oxygens (including phenoxy) is 2. The van der Waals surface area contributed by atoms with Crippen LogP contribution in [-0.4, -0.2) is 61.4 Å². The Hall–Kier alpha value is -2.25. The summed E-state index contributed by atoms with van der Waals surface area (Å²) in [5.74, 6) is -0.137. The molecule has 6 nitrogen and oxygen atoms in total. The number of ketones is 1. The average Bonchev–Trinajstić information content (AvgIpc) is 3.11. The number of likely N-dealkylation sites (tertiary alicyclic amines) is 1. The summed E-state index contributed by atoms with van der Waals surface area (Å²) < 4.78 is 10.9. The minimum absolute atomic E-state index is 0. The van der Waals surface area contributed by atoms with E-state index in [4.69, 9.17) is 21.1 Å². The van der Waals surface area contributed by atoms with Crippen LogP contribution < -0.4 is 9.47 Å². The molecule has 0 radical (unpaired) electrons. The van der Waals surface area contributed by atoms with Crippen LogP contribution in [0.15, 0.2) is 36.4 Å². The summed E-state index contributed by atoms with van der Waals surface area (Å²) in [4.78, 5) is 15.1. The lowest BCUT2D eigenvalue weighted by atomic mass is 9.87. The molecular weight excluding hydrogens is 441 g/mol. The second-order valence-corrected chi connectivity index (χ2v) is 7.67. The molecule has 0 bridgehead atoms. The Kier molecular flexibility index (Phi) is 8.77. The molecule has 2 aromatic rings. The van der Waals surface area contributed by atoms with E-state index in [0.29, 0.717) is 21.9 Å². The van der Waals surface area contributed by atoms with E-state index in [0.717, 1.165) is 13.0 Å². The number of methoxy groups -OCH3 is 2. The molecular formula is C23H27Cl2NO5. The molecule has 8 heteroatoms. The third-order valence-corrected chi connectivity index (χ3v) is 6.00. The van der Waals surface area contributed by atoms with Crippen LogP contribution in [0.25, 0.3) is 6.08 Å². The number of benzene rings is 2. The first kappa shape index (κ1) is 25.0. The van der Waals surface area contributed by atoms with Crippen molar-refractivity contribution >= 4 is 35.9 Å². The maximum absolute atomic E-state index is 13.0. The van der Waals surface area contributed by atoms with Gasteiger partial charge in [-0.15, -0.1) is 12.4 Å². The molecule has 2 atom stereocenters. The van der Waals surface area contributed by atoms with E-state index in [1.54, 1.807) is 24.3 Å². The van der Waals surface area contributed by atoms with Crippen LogP contribution in [-0.2, 0) is 0 Å². The molecule has 1 aliphatic heterocycles. The summed E-state index contributed by atoms with van der Waals surface area (Å²) in [6.45, 7) is 0.700. The standard InChI is InChI=1S/C23H26ClNO5.ClH/c1-25-11-10-15(17(25)13-26)21-19(29-2)12-20(30-3)22(23(21)28)18(27)9-8-14-6-4-5-7-16(14)24;/h4-9,12,15,17,26,28H,10-11,13H2,1-3H3;1H/b9-8+;. The summed E-state index contributed by atoms with van der Waals surface area (Å²) in [6, 6.07) is 8.59. The summed E-state index contributed by atoms with van der Waals surface area (Å²) in [7, 11) is 4.86. The van der Waals surface area contributed by atoms with Crippen molar-refractivity contribution in [2.45, 2.75) is 18.4 Å². The van der Waals surface area contributed by atoms with Crippen molar-refractivity contribution in [3.63, 3.8) is 0 Å². The van der Waals surface area contributed by atoms with E-state index in [1.165, 1.54) is 20.3 Å². The van der Waals surface area contributed by atoms with Gasteiger partial charge in [0.15, 0.2) is 5.78 Å². The number of hydrogen-bond donors (Lipinski definition) is 2. The van der Waals surface area contributed by atoms with Crippen LogP contribution in [0.1, 0.15) is 33.8 Å². The van der Waals surface area contributed by atoms with Gasteiger partial charge in [-0.2, -0.15) is 0 Å². The molecule has 2 unspecified atom stereocenters. The van der Waals surface area contributed by atoms with Gasteiger partial charge in [0.25, 0.3) is 0 Å². The molecule has 1 fully saturated rings. The van der Waals surface area contributed by atoms with E-state index in [2.05, 4.69) is 0 Å². The number of halogens is 2. The van der Waals surface area contributed by atoms with Crippen molar-refractivity contribution in [2.75, 3.05) is 34.4 Å². The van der Waals surface area contributed by atoms with E-state index in [1.807, 2.05) is 24.1 Å². The second kappa shape index (κ2) is 10.9. The molecule has 31 heavy (non-hydrogen) atoms. The fourth-order valence-corrected chi connectivity index (χ4v) is 4.23. The Morgan fingerprint density at radius 1 is 1.26 bits per heavy atom. The lowest BCUT2D eigenvalue weighted by Gasteiger charge is -2.26. The minimum atomic E-state index is -0.417. The number of rotatable bonds is 7. The lowest BCUT2D eigenvalue weighted by Crippen LogP contribution is -2.32. The number of allylic oxidation sites excluding steroid dienone is 1. The van der Waals surface area contributed by atoms with Crippen molar-refractivity contribution in [2.24, 2.45) is 0 Å². The maximum Gasteiger partial charge on any atom is 0.193 e. The van der Waals surface area contributed by atoms with Crippen LogP contribution >= 0.6 is 24.0 Å². The van der Waals surface area contributed by atoms with Crippen molar-refractivity contribution in [3.8, 4) is 17.2 Å². The zero-order valence-corrected chi connectivity index (χ0v) is 19.2. The molecule has 0 spiro atoms. The van der Waals surface area contributed by atoms with Gasteiger partial charge in [0.05, 0.1) is 20.8 Å². The molecule has 168 valence electrons. The monoisotopic (exact) mass is 467 g/mol. The van der Waals surface area contributed by atoms with Gasteiger partial charge < -0.3 is 24.6 Å². The van der Waals surface area contributed by atoms with Gasteiger partial charge in [0.2, 0.25) is 0 Å². The Morgan fingerprint density at radius 2 is 1.94 bits per heavy atom. The van der Waals surface area contributed by atoms with Gasteiger partial charge in [-0.1, -0.05) is 29.8 Å². The predicted molar refractivity (Wildman–Crippen MR) is 124 cm³/mol. The Bertz CT molecular complexity index is 963. The highest BCUT2D eigenvalue weighted by Crippen LogP contribution is 2.47. The number of nitrogens with zero attached hydrogens (tertiary/aromatic N) is 1.